The minimum atomic E-state index is -0.126. The van der Waals surface area contributed by atoms with Crippen LogP contribution < -0.4 is 0 Å². The molecule has 0 spiro atoms. The molecule has 0 aliphatic heterocycles. The smallest absolute Gasteiger partial charge is 0.187 e. The van der Waals surface area contributed by atoms with Crippen LogP contribution in [0.3, 0.4) is 0 Å². The third-order valence-electron chi connectivity index (χ3n) is 2.94. The van der Waals surface area contributed by atoms with Crippen LogP contribution in [-0.2, 0) is 4.79 Å². The highest BCUT2D eigenvalue weighted by Gasteiger charge is 1.93. The van der Waals surface area contributed by atoms with Crippen LogP contribution in [0.25, 0.3) is 17.0 Å². The van der Waals surface area contributed by atoms with Crippen molar-refractivity contribution in [2.75, 3.05) is 0 Å². The summed E-state index contributed by atoms with van der Waals surface area (Å²) in [5, 5.41) is 8.71. The number of hydrogen-bond acceptors (Lipinski definition) is 2. The summed E-state index contributed by atoms with van der Waals surface area (Å²) in [4.78, 5) is 15.1. The van der Waals surface area contributed by atoms with Crippen LogP contribution in [0.15, 0.2) is 60.7 Å². The van der Waals surface area contributed by atoms with Gasteiger partial charge < -0.3 is 0 Å². The molecule has 0 fully saturated rings. The first kappa shape index (κ1) is 15.0. The van der Waals surface area contributed by atoms with E-state index in [1.807, 2.05) is 6.07 Å². The van der Waals surface area contributed by atoms with Crippen molar-refractivity contribution < 1.29 is 4.79 Å². The molecule has 104 valence electrons. The van der Waals surface area contributed by atoms with Gasteiger partial charge in [0.1, 0.15) is 0 Å². The molecule has 2 aromatic carbocycles. The molecule has 3 heteroatoms. The Balaban J connectivity index is 1.99. The molecule has 2 aromatic rings. The Morgan fingerprint density at radius 3 is 1.91 bits per heavy atom. The molecule has 0 saturated heterocycles. The van der Waals surface area contributed by atoms with E-state index in [1.54, 1.807) is 60.7 Å². The van der Waals surface area contributed by atoms with Gasteiger partial charge in [-0.05, 0) is 35.4 Å². The van der Waals surface area contributed by atoms with Gasteiger partial charge in [0, 0.05) is 0 Å². The van der Waals surface area contributed by atoms with Crippen molar-refractivity contribution in [3.8, 4) is 6.07 Å². The number of rotatable bonds is 4. The van der Waals surface area contributed by atoms with E-state index in [2.05, 4.69) is 4.85 Å². The number of nitrogens with zero attached hydrogens (tertiary/aromatic N) is 2. The lowest BCUT2D eigenvalue weighted by atomic mass is 10.1. The number of allylic oxidation sites excluding steroid dienone is 2. The zero-order valence-electron chi connectivity index (χ0n) is 11.7. The Labute approximate surface area is 129 Å². The largest absolute Gasteiger partial charge is 0.290 e. The molecule has 0 N–H and O–H groups in total. The summed E-state index contributed by atoms with van der Waals surface area (Å²) in [5.41, 5.74) is 2.89. The third-order valence-corrected chi connectivity index (χ3v) is 2.94. The van der Waals surface area contributed by atoms with Crippen LogP contribution in [0.1, 0.15) is 16.7 Å². The second-order valence-corrected chi connectivity index (χ2v) is 4.51. The number of hydrogen-bond donors (Lipinski definition) is 0. The zero-order valence-corrected chi connectivity index (χ0v) is 11.7. The molecule has 0 aliphatic carbocycles. The number of carbonyl (C=O) groups excluding carboxylic acids is 1. The molecule has 0 radical (unpaired) electrons. The lowest BCUT2D eigenvalue weighted by Gasteiger charge is -1.93. The molecule has 0 aliphatic rings. The second-order valence-electron chi connectivity index (χ2n) is 4.51. The molecule has 0 atom stereocenters. The molecule has 22 heavy (non-hydrogen) atoms. The predicted octanol–water partition coefficient (Wildman–Crippen LogP) is 4.40. The van der Waals surface area contributed by atoms with Crippen molar-refractivity contribution in [1.82, 2.24) is 0 Å². The van der Waals surface area contributed by atoms with Crippen molar-refractivity contribution in [3.05, 3.63) is 88.8 Å². The van der Waals surface area contributed by atoms with E-state index in [1.165, 1.54) is 12.2 Å². The average molecular weight is 284 g/mol. The predicted molar refractivity (Wildman–Crippen MR) is 86.9 cm³/mol. The van der Waals surface area contributed by atoms with Gasteiger partial charge in [-0.15, -0.1) is 0 Å². The second kappa shape index (κ2) is 7.38. The van der Waals surface area contributed by atoms with Crippen molar-refractivity contribution in [2.45, 2.75) is 0 Å². The first-order valence-electron chi connectivity index (χ1n) is 6.59. The van der Waals surface area contributed by atoms with Gasteiger partial charge in [-0.25, -0.2) is 4.85 Å². The van der Waals surface area contributed by atoms with Crippen molar-refractivity contribution >= 4 is 23.6 Å². The quantitative estimate of drug-likeness (QED) is 0.617. The van der Waals surface area contributed by atoms with Gasteiger partial charge in [-0.3, -0.25) is 4.79 Å². The summed E-state index contributed by atoms with van der Waals surface area (Å²) in [6.07, 6.45) is 6.37. The maximum absolute atomic E-state index is 11.8. The van der Waals surface area contributed by atoms with Gasteiger partial charge in [0.15, 0.2) is 11.5 Å². The van der Waals surface area contributed by atoms with E-state index in [0.717, 1.165) is 11.1 Å². The number of nitriles is 1. The highest BCUT2D eigenvalue weighted by atomic mass is 16.1. The fourth-order valence-corrected chi connectivity index (χ4v) is 1.74. The van der Waals surface area contributed by atoms with Crippen LogP contribution in [0.4, 0.5) is 5.69 Å². The molecular weight excluding hydrogens is 272 g/mol. The van der Waals surface area contributed by atoms with Crippen molar-refractivity contribution in [1.29, 1.82) is 5.26 Å². The van der Waals surface area contributed by atoms with Crippen LogP contribution in [0.5, 0.6) is 0 Å². The van der Waals surface area contributed by atoms with Gasteiger partial charge in [-0.2, -0.15) is 5.26 Å². The third kappa shape index (κ3) is 4.30. The molecular formula is C19H12N2O. The lowest BCUT2D eigenvalue weighted by Crippen LogP contribution is -1.85. The molecule has 0 unspecified atom stereocenters. The number of ketones is 1. The highest BCUT2D eigenvalue weighted by Crippen LogP contribution is 2.13. The SMILES string of the molecule is [C-]#[N+]c1ccc(/C=C/C(=O)/C=C/c2ccc(C#N)cc2)cc1. The molecule has 0 saturated carbocycles. The molecule has 0 bridgehead atoms. The molecule has 0 amide bonds. The summed E-state index contributed by atoms with van der Waals surface area (Å²) in [7, 11) is 0. The summed E-state index contributed by atoms with van der Waals surface area (Å²) in [6.45, 7) is 6.87. The van der Waals surface area contributed by atoms with Crippen LogP contribution >= 0.6 is 0 Å². The minimum absolute atomic E-state index is 0.126. The fraction of sp³-hybridized carbons (Fsp3) is 0. The summed E-state index contributed by atoms with van der Waals surface area (Å²) < 4.78 is 0. The normalized spacial score (nSPS) is 10.5. The van der Waals surface area contributed by atoms with Crippen LogP contribution in [-0.4, -0.2) is 5.78 Å². The molecule has 3 nitrogen and oxygen atoms in total. The van der Waals surface area contributed by atoms with Crippen LogP contribution in [0, 0.1) is 17.9 Å². The van der Waals surface area contributed by atoms with E-state index in [0.29, 0.717) is 11.3 Å². The van der Waals surface area contributed by atoms with Gasteiger partial charge in [0.2, 0.25) is 0 Å². The van der Waals surface area contributed by atoms with Gasteiger partial charge in [-0.1, -0.05) is 48.6 Å². The fourth-order valence-electron chi connectivity index (χ4n) is 1.74. The standard InChI is InChI=1S/C19H12N2O/c1-21-18-10-6-16(7-11-18)9-13-19(22)12-8-15-2-4-17(14-20)5-3-15/h2-13H/b12-8+,13-9+. The number of carbonyl (C=O) groups is 1. The highest BCUT2D eigenvalue weighted by molar-refractivity contribution is 6.04. The Bertz CT molecular complexity index is 729. The number of benzene rings is 2. The van der Waals surface area contributed by atoms with Crippen molar-refractivity contribution in [2.24, 2.45) is 0 Å². The Morgan fingerprint density at radius 2 is 1.45 bits per heavy atom. The average Bonchev–Trinajstić information content (AvgIpc) is 2.59. The van der Waals surface area contributed by atoms with Crippen molar-refractivity contribution in [3.63, 3.8) is 0 Å². The monoisotopic (exact) mass is 284 g/mol. The zero-order chi connectivity index (χ0) is 15.8. The van der Waals surface area contributed by atoms with Crippen LogP contribution in [0.2, 0.25) is 0 Å². The molecule has 2 rings (SSSR count). The molecule has 0 aromatic heterocycles. The summed E-state index contributed by atoms with van der Waals surface area (Å²) in [6, 6.07) is 16.0. The topological polar surface area (TPSA) is 45.2 Å². The van der Waals surface area contributed by atoms with E-state index in [-0.39, 0.29) is 5.78 Å². The minimum Gasteiger partial charge on any atom is -0.290 e. The van der Waals surface area contributed by atoms with E-state index in [9.17, 15) is 4.79 Å². The summed E-state index contributed by atoms with van der Waals surface area (Å²) >= 11 is 0. The maximum Gasteiger partial charge on any atom is 0.187 e. The first-order valence-corrected chi connectivity index (χ1v) is 6.59. The Kier molecular flexibility index (Phi) is 5.02. The van der Waals surface area contributed by atoms with E-state index in [4.69, 9.17) is 11.8 Å². The maximum atomic E-state index is 11.8. The van der Waals surface area contributed by atoms with Gasteiger partial charge in [0.25, 0.3) is 0 Å². The van der Waals surface area contributed by atoms with E-state index < -0.39 is 0 Å². The van der Waals surface area contributed by atoms with Gasteiger partial charge >= 0.3 is 0 Å². The summed E-state index contributed by atoms with van der Waals surface area (Å²) in [5.74, 6) is -0.126. The Morgan fingerprint density at radius 1 is 0.955 bits per heavy atom. The Hall–Kier alpha value is -3.43. The van der Waals surface area contributed by atoms with E-state index >= 15 is 0 Å². The first-order chi connectivity index (χ1) is 10.7. The van der Waals surface area contributed by atoms with Gasteiger partial charge in [0.05, 0.1) is 18.2 Å². The molecule has 0 heterocycles. The lowest BCUT2D eigenvalue weighted by molar-refractivity contribution is -0.110.